The first-order valence-electron chi connectivity index (χ1n) is 7.69. The molecule has 4 heteroatoms. The molecular weight excluding hydrogens is 280 g/mol. The van der Waals surface area contributed by atoms with E-state index in [9.17, 15) is 4.79 Å². The molecule has 1 aromatic rings. The highest BCUT2D eigenvalue weighted by molar-refractivity contribution is 8.00. The zero-order chi connectivity index (χ0) is 15.5. The predicted octanol–water partition coefficient (Wildman–Crippen LogP) is 4.03. The zero-order valence-electron chi connectivity index (χ0n) is 13.2. The minimum Gasteiger partial charge on any atom is -0.325 e. The maximum Gasteiger partial charge on any atom is 0.241 e. The molecule has 0 bridgehead atoms. The molecule has 21 heavy (non-hydrogen) atoms. The smallest absolute Gasteiger partial charge is 0.241 e. The monoisotopic (exact) mass is 306 g/mol. The second-order valence-corrected chi connectivity index (χ2v) is 8.26. The van der Waals surface area contributed by atoms with Crippen LogP contribution in [0, 0.1) is 5.41 Å². The van der Waals surface area contributed by atoms with Crippen molar-refractivity contribution in [3.8, 4) is 0 Å². The van der Waals surface area contributed by atoms with Gasteiger partial charge in [0.2, 0.25) is 5.91 Å². The van der Waals surface area contributed by atoms with E-state index < -0.39 is 6.04 Å². The van der Waals surface area contributed by atoms with Gasteiger partial charge in [-0.1, -0.05) is 33.6 Å². The molecule has 1 amide bonds. The maximum atomic E-state index is 12.1. The van der Waals surface area contributed by atoms with Crippen LogP contribution < -0.4 is 11.1 Å². The zero-order valence-corrected chi connectivity index (χ0v) is 14.0. The van der Waals surface area contributed by atoms with E-state index in [1.807, 2.05) is 44.7 Å². The molecule has 3 nitrogen and oxygen atoms in total. The van der Waals surface area contributed by atoms with Crippen molar-refractivity contribution >= 4 is 23.4 Å². The van der Waals surface area contributed by atoms with Gasteiger partial charge in [0, 0.05) is 15.8 Å². The van der Waals surface area contributed by atoms with Crippen LogP contribution in [0.5, 0.6) is 0 Å². The number of anilines is 1. The van der Waals surface area contributed by atoms with Gasteiger partial charge in [0.05, 0.1) is 6.04 Å². The second kappa shape index (κ2) is 6.84. The van der Waals surface area contributed by atoms with Crippen molar-refractivity contribution in [2.24, 2.45) is 11.1 Å². The molecule has 0 unspecified atom stereocenters. The molecule has 0 radical (unpaired) electrons. The molecule has 0 aromatic heterocycles. The van der Waals surface area contributed by atoms with Crippen LogP contribution in [0.3, 0.4) is 0 Å². The van der Waals surface area contributed by atoms with Gasteiger partial charge in [0.1, 0.15) is 0 Å². The summed E-state index contributed by atoms with van der Waals surface area (Å²) in [7, 11) is 0. The summed E-state index contributed by atoms with van der Waals surface area (Å²) in [6.45, 7) is 5.91. The summed E-state index contributed by atoms with van der Waals surface area (Å²) >= 11 is 1.95. The molecule has 1 aliphatic carbocycles. The van der Waals surface area contributed by atoms with Crippen molar-refractivity contribution in [3.63, 3.8) is 0 Å². The molecule has 0 saturated heterocycles. The SMILES string of the molecule is CC(C)(C)[C@@H](N)C(=O)Nc1ccc(SC2CCCC2)cc1. The Morgan fingerprint density at radius 2 is 1.81 bits per heavy atom. The third kappa shape index (κ3) is 4.75. The van der Waals surface area contributed by atoms with Crippen molar-refractivity contribution in [2.75, 3.05) is 5.32 Å². The van der Waals surface area contributed by atoms with E-state index in [0.717, 1.165) is 10.9 Å². The van der Waals surface area contributed by atoms with Crippen LogP contribution in [0.1, 0.15) is 46.5 Å². The van der Waals surface area contributed by atoms with Crippen molar-refractivity contribution in [2.45, 2.75) is 62.6 Å². The van der Waals surface area contributed by atoms with Gasteiger partial charge in [0.25, 0.3) is 0 Å². The number of nitrogens with one attached hydrogen (secondary N) is 1. The van der Waals surface area contributed by atoms with Gasteiger partial charge in [0.15, 0.2) is 0 Å². The van der Waals surface area contributed by atoms with E-state index in [-0.39, 0.29) is 11.3 Å². The lowest BCUT2D eigenvalue weighted by atomic mass is 9.87. The van der Waals surface area contributed by atoms with Crippen LogP contribution in [0.25, 0.3) is 0 Å². The predicted molar refractivity (Wildman–Crippen MR) is 90.6 cm³/mol. The minimum absolute atomic E-state index is 0.126. The highest BCUT2D eigenvalue weighted by atomic mass is 32.2. The number of carbonyl (C=O) groups excluding carboxylic acids is 1. The van der Waals surface area contributed by atoms with Gasteiger partial charge in [-0.05, 0) is 42.5 Å². The molecule has 1 saturated carbocycles. The summed E-state index contributed by atoms with van der Waals surface area (Å²) in [4.78, 5) is 13.4. The molecule has 0 aliphatic heterocycles. The topological polar surface area (TPSA) is 55.1 Å². The third-order valence-corrected chi connectivity index (χ3v) is 5.29. The Bertz CT molecular complexity index is 473. The average Bonchev–Trinajstić information content (AvgIpc) is 2.92. The van der Waals surface area contributed by atoms with Crippen LogP contribution in [0.15, 0.2) is 29.2 Å². The standard InChI is InChI=1S/C17H26N2OS/c1-17(2,3)15(18)16(20)19-12-8-10-14(11-9-12)21-13-6-4-5-7-13/h8-11,13,15H,4-7,18H2,1-3H3,(H,19,20)/t15-/m0/s1. The van der Waals surface area contributed by atoms with Crippen molar-refractivity contribution in [1.82, 2.24) is 0 Å². The number of hydrogen-bond donors (Lipinski definition) is 2. The maximum absolute atomic E-state index is 12.1. The summed E-state index contributed by atoms with van der Waals surface area (Å²) in [5, 5.41) is 3.66. The Hall–Kier alpha value is -1.00. The van der Waals surface area contributed by atoms with Gasteiger partial charge in [-0.25, -0.2) is 0 Å². The number of amides is 1. The fraction of sp³-hybridized carbons (Fsp3) is 0.588. The van der Waals surface area contributed by atoms with E-state index >= 15 is 0 Å². The lowest BCUT2D eigenvalue weighted by Gasteiger charge is -2.25. The normalized spacial score (nSPS) is 17.7. The first kappa shape index (κ1) is 16.4. The fourth-order valence-electron chi connectivity index (χ4n) is 2.43. The molecule has 116 valence electrons. The Morgan fingerprint density at radius 1 is 1.24 bits per heavy atom. The molecule has 0 heterocycles. The van der Waals surface area contributed by atoms with Gasteiger partial charge < -0.3 is 11.1 Å². The van der Waals surface area contributed by atoms with Gasteiger partial charge in [-0.2, -0.15) is 0 Å². The van der Waals surface area contributed by atoms with Crippen LogP contribution in [-0.4, -0.2) is 17.2 Å². The summed E-state index contributed by atoms with van der Waals surface area (Å²) in [6.07, 6.45) is 5.36. The summed E-state index contributed by atoms with van der Waals surface area (Å²) in [5.41, 5.74) is 6.55. The summed E-state index contributed by atoms with van der Waals surface area (Å²) < 4.78 is 0. The van der Waals surface area contributed by atoms with E-state index in [1.165, 1.54) is 30.6 Å². The van der Waals surface area contributed by atoms with Crippen molar-refractivity contribution < 1.29 is 4.79 Å². The largest absolute Gasteiger partial charge is 0.325 e. The number of carbonyl (C=O) groups is 1. The van der Waals surface area contributed by atoms with E-state index in [0.29, 0.717) is 0 Å². The molecule has 1 atom stereocenters. The van der Waals surface area contributed by atoms with Crippen molar-refractivity contribution in [1.29, 1.82) is 0 Å². The molecule has 2 rings (SSSR count). The molecule has 3 N–H and O–H groups in total. The third-order valence-electron chi connectivity index (χ3n) is 3.94. The Kier molecular flexibility index (Phi) is 5.33. The van der Waals surface area contributed by atoms with Crippen LogP contribution in [0.4, 0.5) is 5.69 Å². The number of rotatable bonds is 4. The highest BCUT2D eigenvalue weighted by Crippen LogP contribution is 2.35. The fourth-order valence-corrected chi connectivity index (χ4v) is 3.68. The molecular formula is C17H26N2OS. The molecule has 1 aliphatic rings. The van der Waals surface area contributed by atoms with Crippen LogP contribution >= 0.6 is 11.8 Å². The minimum atomic E-state index is -0.509. The molecule has 1 fully saturated rings. The average molecular weight is 306 g/mol. The first-order chi connectivity index (χ1) is 9.86. The summed E-state index contributed by atoms with van der Waals surface area (Å²) in [5.74, 6) is -0.126. The second-order valence-electron chi connectivity index (χ2n) is 6.88. The Balaban J connectivity index is 1.91. The number of nitrogens with two attached hydrogens (primary N) is 1. The van der Waals surface area contributed by atoms with Crippen LogP contribution in [0.2, 0.25) is 0 Å². The number of benzene rings is 1. The van der Waals surface area contributed by atoms with Crippen molar-refractivity contribution in [3.05, 3.63) is 24.3 Å². The van der Waals surface area contributed by atoms with Gasteiger partial charge in [-0.3, -0.25) is 4.79 Å². The lowest BCUT2D eigenvalue weighted by molar-refractivity contribution is -0.119. The molecule has 0 spiro atoms. The van der Waals surface area contributed by atoms with E-state index in [4.69, 9.17) is 5.73 Å². The quantitative estimate of drug-likeness (QED) is 0.883. The van der Waals surface area contributed by atoms with E-state index in [2.05, 4.69) is 17.4 Å². The highest BCUT2D eigenvalue weighted by Gasteiger charge is 2.27. The number of hydrogen-bond acceptors (Lipinski definition) is 3. The number of thioether (sulfide) groups is 1. The summed E-state index contributed by atoms with van der Waals surface area (Å²) in [6, 6.07) is 7.59. The van der Waals surface area contributed by atoms with Crippen LogP contribution in [-0.2, 0) is 4.79 Å². The van der Waals surface area contributed by atoms with E-state index in [1.54, 1.807) is 0 Å². The Labute approximate surface area is 132 Å². The Morgan fingerprint density at radius 3 is 2.33 bits per heavy atom. The lowest BCUT2D eigenvalue weighted by Crippen LogP contribution is -2.45. The van der Waals surface area contributed by atoms with Gasteiger partial charge in [-0.15, -0.1) is 11.8 Å². The van der Waals surface area contributed by atoms with Gasteiger partial charge >= 0.3 is 0 Å². The first-order valence-corrected chi connectivity index (χ1v) is 8.57. The molecule has 1 aromatic carbocycles.